The van der Waals surface area contributed by atoms with Gasteiger partial charge in [-0.1, -0.05) is 5.11 Å². The molecule has 0 saturated carbocycles. The van der Waals surface area contributed by atoms with Crippen LogP contribution in [0.1, 0.15) is 19.3 Å². The third kappa shape index (κ3) is 8.85. The van der Waals surface area contributed by atoms with Gasteiger partial charge in [-0.2, -0.15) is 0 Å². The number of hydrogen-bond donors (Lipinski definition) is 0. The lowest BCUT2D eigenvalue weighted by atomic mass is 10.2. The highest BCUT2D eigenvalue weighted by Gasteiger charge is 1.82. The van der Waals surface area contributed by atoms with E-state index in [4.69, 9.17) is 10.3 Å². The number of unbranched alkanes of at least 4 members (excludes halogenated alkanes) is 2. The van der Waals surface area contributed by atoms with Crippen LogP contribution in [-0.4, -0.2) is 13.7 Å². The van der Waals surface area contributed by atoms with Crippen LogP contribution in [0.3, 0.4) is 0 Å². The summed E-state index contributed by atoms with van der Waals surface area (Å²) in [5.74, 6) is 0. The van der Waals surface area contributed by atoms with E-state index in [1.807, 2.05) is 6.08 Å². The number of nitrogens with zero attached hydrogens (tertiary/aromatic N) is 3. The second-order valence-corrected chi connectivity index (χ2v) is 2.06. The van der Waals surface area contributed by atoms with E-state index >= 15 is 0 Å². The van der Waals surface area contributed by atoms with E-state index in [1.165, 1.54) is 0 Å². The van der Waals surface area contributed by atoms with Crippen LogP contribution < -0.4 is 0 Å². The Morgan fingerprint density at radius 1 is 1.55 bits per heavy atom. The van der Waals surface area contributed by atoms with E-state index in [0.29, 0.717) is 6.54 Å². The minimum atomic E-state index is 0.595. The molecule has 4 nitrogen and oxygen atoms in total. The Hall–Kier alpha value is -1.15. The van der Waals surface area contributed by atoms with Crippen molar-refractivity contribution in [3.8, 4) is 0 Å². The Labute approximate surface area is 66.5 Å². The van der Waals surface area contributed by atoms with Gasteiger partial charge in [0.1, 0.15) is 0 Å². The SMILES string of the molecule is CO/C=C/CCCCN=[N+]=[N-]. The molecule has 0 aliphatic heterocycles. The molecule has 0 unspecified atom stereocenters. The van der Waals surface area contributed by atoms with Crippen molar-refractivity contribution >= 4 is 0 Å². The molecule has 0 spiro atoms. The molecule has 0 aliphatic rings. The van der Waals surface area contributed by atoms with Crippen LogP contribution in [0.25, 0.3) is 10.4 Å². The fourth-order valence-electron chi connectivity index (χ4n) is 0.654. The minimum Gasteiger partial charge on any atom is -0.505 e. The smallest absolute Gasteiger partial charge is 0.0784 e. The molecule has 62 valence electrons. The number of azide groups is 1. The number of hydrogen-bond acceptors (Lipinski definition) is 2. The van der Waals surface area contributed by atoms with Gasteiger partial charge in [-0.25, -0.2) is 0 Å². The molecule has 0 aliphatic carbocycles. The Bertz CT molecular complexity index is 150. The quantitative estimate of drug-likeness (QED) is 0.191. The van der Waals surface area contributed by atoms with E-state index in [0.717, 1.165) is 19.3 Å². The second kappa shape index (κ2) is 8.85. The summed E-state index contributed by atoms with van der Waals surface area (Å²) in [6, 6.07) is 0. The standard InChI is InChI=1S/C7H13N3O/c1-11-7-5-3-2-4-6-9-10-8/h5,7H,2-4,6H2,1H3/b7-5+. The van der Waals surface area contributed by atoms with Crippen molar-refractivity contribution in [2.45, 2.75) is 19.3 Å². The third-order valence-electron chi connectivity index (χ3n) is 1.17. The largest absolute Gasteiger partial charge is 0.505 e. The summed E-state index contributed by atoms with van der Waals surface area (Å²) in [4.78, 5) is 2.65. The number of rotatable bonds is 6. The molecule has 0 rings (SSSR count). The van der Waals surface area contributed by atoms with E-state index in [1.54, 1.807) is 13.4 Å². The van der Waals surface area contributed by atoms with E-state index in [9.17, 15) is 0 Å². The number of allylic oxidation sites excluding steroid dienone is 1. The molecule has 0 bridgehead atoms. The van der Waals surface area contributed by atoms with Crippen molar-refractivity contribution in [3.05, 3.63) is 22.8 Å². The molecular weight excluding hydrogens is 142 g/mol. The average Bonchev–Trinajstić information content (AvgIpc) is 2.03. The first-order valence-electron chi connectivity index (χ1n) is 3.60. The van der Waals surface area contributed by atoms with Gasteiger partial charge in [0.05, 0.1) is 13.4 Å². The molecule has 0 saturated heterocycles. The van der Waals surface area contributed by atoms with Gasteiger partial charge in [0, 0.05) is 11.5 Å². The van der Waals surface area contributed by atoms with Crippen LogP contribution >= 0.6 is 0 Å². The summed E-state index contributed by atoms with van der Waals surface area (Å²) in [7, 11) is 1.62. The third-order valence-corrected chi connectivity index (χ3v) is 1.17. The van der Waals surface area contributed by atoms with Crippen LogP contribution in [0.4, 0.5) is 0 Å². The predicted octanol–water partition coefficient (Wildman–Crippen LogP) is 2.63. The van der Waals surface area contributed by atoms with Gasteiger partial charge in [0.15, 0.2) is 0 Å². The summed E-state index contributed by atoms with van der Waals surface area (Å²) < 4.78 is 4.71. The highest BCUT2D eigenvalue weighted by molar-refractivity contribution is 4.72. The Morgan fingerprint density at radius 2 is 2.36 bits per heavy atom. The van der Waals surface area contributed by atoms with E-state index in [2.05, 4.69) is 10.0 Å². The van der Waals surface area contributed by atoms with Crippen molar-refractivity contribution < 1.29 is 4.74 Å². The van der Waals surface area contributed by atoms with Gasteiger partial charge in [-0.3, -0.25) is 0 Å². The Kier molecular flexibility index (Phi) is 7.92. The molecular formula is C7H13N3O. The molecule has 0 aromatic heterocycles. The fraction of sp³-hybridized carbons (Fsp3) is 0.714. The van der Waals surface area contributed by atoms with Gasteiger partial charge in [-0.05, 0) is 30.9 Å². The Balaban J connectivity index is 3.02. The molecule has 11 heavy (non-hydrogen) atoms. The molecule has 0 aromatic rings. The molecule has 0 aromatic carbocycles. The van der Waals surface area contributed by atoms with Crippen LogP contribution in [0, 0.1) is 0 Å². The lowest BCUT2D eigenvalue weighted by Gasteiger charge is -1.90. The molecule has 0 radical (unpaired) electrons. The highest BCUT2D eigenvalue weighted by Crippen LogP contribution is 1.96. The summed E-state index contributed by atoms with van der Waals surface area (Å²) in [6.07, 6.45) is 6.58. The van der Waals surface area contributed by atoms with E-state index in [-0.39, 0.29) is 0 Å². The fourth-order valence-corrected chi connectivity index (χ4v) is 0.654. The lowest BCUT2D eigenvalue weighted by Crippen LogP contribution is -1.78. The topological polar surface area (TPSA) is 58.0 Å². The van der Waals surface area contributed by atoms with Crippen molar-refractivity contribution in [2.24, 2.45) is 5.11 Å². The average molecular weight is 155 g/mol. The first-order chi connectivity index (χ1) is 5.41. The van der Waals surface area contributed by atoms with Gasteiger partial charge < -0.3 is 4.74 Å². The highest BCUT2D eigenvalue weighted by atomic mass is 16.5. The first-order valence-corrected chi connectivity index (χ1v) is 3.60. The van der Waals surface area contributed by atoms with Gasteiger partial charge in [0.2, 0.25) is 0 Å². The Morgan fingerprint density at radius 3 is 3.00 bits per heavy atom. The first kappa shape index (κ1) is 9.85. The van der Waals surface area contributed by atoms with Gasteiger partial charge in [-0.15, -0.1) is 0 Å². The summed E-state index contributed by atoms with van der Waals surface area (Å²) in [5.41, 5.74) is 7.93. The van der Waals surface area contributed by atoms with Crippen LogP contribution in [0.5, 0.6) is 0 Å². The number of ether oxygens (including phenoxy) is 1. The molecule has 0 N–H and O–H groups in total. The molecule has 0 fully saturated rings. The summed E-state index contributed by atoms with van der Waals surface area (Å²) >= 11 is 0. The van der Waals surface area contributed by atoms with Crippen molar-refractivity contribution in [3.63, 3.8) is 0 Å². The maximum Gasteiger partial charge on any atom is 0.0784 e. The maximum absolute atomic E-state index is 7.93. The maximum atomic E-state index is 7.93. The van der Waals surface area contributed by atoms with Crippen LogP contribution in [0.15, 0.2) is 17.5 Å². The summed E-state index contributed by atoms with van der Waals surface area (Å²) in [5, 5.41) is 3.41. The van der Waals surface area contributed by atoms with Crippen molar-refractivity contribution in [2.75, 3.05) is 13.7 Å². The predicted molar refractivity (Wildman–Crippen MR) is 44.0 cm³/mol. The number of methoxy groups -OCH3 is 1. The van der Waals surface area contributed by atoms with E-state index < -0.39 is 0 Å². The van der Waals surface area contributed by atoms with Gasteiger partial charge in [0.25, 0.3) is 0 Å². The zero-order valence-electron chi connectivity index (χ0n) is 6.73. The van der Waals surface area contributed by atoms with Crippen molar-refractivity contribution in [1.29, 1.82) is 0 Å². The molecule has 0 amide bonds. The van der Waals surface area contributed by atoms with Crippen LogP contribution in [-0.2, 0) is 4.74 Å². The molecule has 4 heteroatoms. The minimum absolute atomic E-state index is 0.595. The normalized spacial score (nSPS) is 9.55. The van der Waals surface area contributed by atoms with Gasteiger partial charge >= 0.3 is 0 Å². The molecule has 0 atom stereocenters. The zero-order chi connectivity index (χ0) is 8.36. The monoisotopic (exact) mass is 155 g/mol. The summed E-state index contributed by atoms with van der Waals surface area (Å²) in [6.45, 7) is 0.595. The van der Waals surface area contributed by atoms with Crippen molar-refractivity contribution in [1.82, 2.24) is 0 Å². The molecule has 0 heterocycles. The zero-order valence-corrected chi connectivity index (χ0v) is 6.73. The van der Waals surface area contributed by atoms with Crippen LogP contribution in [0.2, 0.25) is 0 Å². The second-order valence-electron chi connectivity index (χ2n) is 2.06. The lowest BCUT2D eigenvalue weighted by molar-refractivity contribution is 0.336.